The molecule has 2 heterocycles. The highest BCUT2D eigenvalue weighted by molar-refractivity contribution is 14.1. The van der Waals surface area contributed by atoms with Crippen molar-refractivity contribution in [2.24, 2.45) is 4.99 Å². The number of hydrogen-bond donors (Lipinski definition) is 1. The van der Waals surface area contributed by atoms with E-state index in [0.29, 0.717) is 52.5 Å². The molecule has 1 N–H and O–H groups in total. The number of methoxy groups -OCH3 is 1. The molecule has 2 aromatic carbocycles. The number of ether oxygens (including phenoxy) is 4. The lowest BCUT2D eigenvalue weighted by Crippen LogP contribution is -2.39. The second-order valence-electron chi connectivity index (χ2n) is 8.24. The molecular formula is C27H24I2N2O8S. The van der Waals surface area contributed by atoms with Gasteiger partial charge in [0, 0.05) is 6.20 Å². The monoisotopic (exact) mass is 790 g/mol. The Balaban J connectivity index is 1.84. The zero-order chi connectivity index (χ0) is 29.0. The summed E-state index contributed by atoms with van der Waals surface area (Å²) in [7, 11) is 1.28. The van der Waals surface area contributed by atoms with Crippen molar-refractivity contribution < 1.29 is 33.6 Å². The van der Waals surface area contributed by atoms with E-state index in [9.17, 15) is 14.4 Å². The molecule has 40 heavy (non-hydrogen) atoms. The third-order valence-corrected chi connectivity index (χ3v) is 8.27. The summed E-state index contributed by atoms with van der Waals surface area (Å²) in [5.74, 6) is -0.149. The summed E-state index contributed by atoms with van der Waals surface area (Å²) in [6.45, 7) is 4.14. The topological polar surface area (TPSA) is 126 Å². The van der Waals surface area contributed by atoms with E-state index in [4.69, 9.17) is 24.1 Å². The number of carboxylic acids is 1. The van der Waals surface area contributed by atoms with E-state index in [1.807, 2.05) is 13.8 Å². The molecule has 0 saturated heterocycles. The molecule has 0 unspecified atom stereocenters. The van der Waals surface area contributed by atoms with E-state index >= 15 is 0 Å². The molecule has 0 radical (unpaired) electrons. The Kier molecular flexibility index (Phi) is 9.89. The van der Waals surface area contributed by atoms with Gasteiger partial charge in [0.25, 0.3) is 5.56 Å². The molecule has 13 heteroatoms. The van der Waals surface area contributed by atoms with Crippen LogP contribution in [0.3, 0.4) is 0 Å². The fourth-order valence-corrected chi connectivity index (χ4v) is 7.17. The number of carboxylic acid groups (broad SMARTS) is 1. The maximum absolute atomic E-state index is 13.8. The number of halogens is 2. The maximum atomic E-state index is 13.8. The summed E-state index contributed by atoms with van der Waals surface area (Å²) in [5.41, 5.74) is 1.24. The summed E-state index contributed by atoms with van der Waals surface area (Å²) in [6, 6.07) is 8.11. The van der Waals surface area contributed by atoms with Gasteiger partial charge >= 0.3 is 11.9 Å². The first-order chi connectivity index (χ1) is 19.2. The average molecular weight is 790 g/mol. The lowest BCUT2D eigenvalue weighted by Gasteiger charge is -2.23. The van der Waals surface area contributed by atoms with Crippen molar-refractivity contribution in [3.63, 3.8) is 0 Å². The van der Waals surface area contributed by atoms with Crippen LogP contribution in [0.25, 0.3) is 6.08 Å². The van der Waals surface area contributed by atoms with Gasteiger partial charge in [-0.1, -0.05) is 17.4 Å². The van der Waals surface area contributed by atoms with Gasteiger partial charge in [-0.2, -0.15) is 0 Å². The first kappa shape index (κ1) is 30.0. The van der Waals surface area contributed by atoms with Crippen LogP contribution in [0, 0.1) is 7.14 Å². The summed E-state index contributed by atoms with van der Waals surface area (Å²) in [6.07, 6.45) is 3.17. The van der Waals surface area contributed by atoms with Gasteiger partial charge < -0.3 is 24.1 Å². The minimum Gasteiger partial charge on any atom is -0.490 e. The molecule has 1 aliphatic heterocycles. The van der Waals surface area contributed by atoms with Gasteiger partial charge in [0.05, 0.1) is 43.6 Å². The number of hydrogen-bond acceptors (Lipinski definition) is 9. The van der Waals surface area contributed by atoms with E-state index < -0.39 is 24.6 Å². The Labute approximate surface area is 260 Å². The number of aliphatic carboxylic acids is 1. The molecule has 0 fully saturated rings. The zero-order valence-electron chi connectivity index (χ0n) is 21.6. The highest BCUT2D eigenvalue weighted by Gasteiger charge is 2.31. The molecule has 3 aromatic rings. The van der Waals surface area contributed by atoms with Crippen LogP contribution in [0.1, 0.15) is 31.0 Å². The molecule has 1 aliphatic rings. The van der Waals surface area contributed by atoms with Crippen molar-refractivity contribution in [1.82, 2.24) is 4.57 Å². The van der Waals surface area contributed by atoms with E-state index in [0.717, 1.165) is 5.56 Å². The van der Waals surface area contributed by atoms with Gasteiger partial charge in [-0.05, 0) is 100 Å². The van der Waals surface area contributed by atoms with E-state index in [1.165, 1.54) is 29.2 Å². The normalized spacial score (nSPS) is 14.6. The Morgan fingerprint density at radius 1 is 1.07 bits per heavy atom. The lowest BCUT2D eigenvalue weighted by molar-refractivity contribution is -0.139. The van der Waals surface area contributed by atoms with Gasteiger partial charge in [-0.15, -0.1) is 0 Å². The maximum Gasteiger partial charge on any atom is 0.341 e. The Morgan fingerprint density at radius 2 is 1.75 bits per heavy atom. The predicted molar refractivity (Wildman–Crippen MR) is 165 cm³/mol. The quantitative estimate of drug-likeness (QED) is 0.245. The molecule has 1 aromatic heterocycles. The van der Waals surface area contributed by atoms with Crippen molar-refractivity contribution in [3.05, 3.63) is 80.1 Å². The minimum absolute atomic E-state index is 0.206. The van der Waals surface area contributed by atoms with Crippen molar-refractivity contribution in [1.29, 1.82) is 0 Å². The van der Waals surface area contributed by atoms with Crippen LogP contribution in [-0.4, -0.2) is 48.5 Å². The molecule has 10 nitrogen and oxygen atoms in total. The van der Waals surface area contributed by atoms with E-state index in [1.54, 1.807) is 36.4 Å². The first-order valence-electron chi connectivity index (χ1n) is 12.0. The van der Waals surface area contributed by atoms with Crippen LogP contribution in [0.2, 0.25) is 0 Å². The number of esters is 1. The van der Waals surface area contributed by atoms with Crippen LogP contribution < -0.4 is 29.1 Å². The van der Waals surface area contributed by atoms with Gasteiger partial charge in [0.2, 0.25) is 0 Å². The summed E-state index contributed by atoms with van der Waals surface area (Å²) >= 11 is 5.33. The Hall–Kier alpha value is -2.92. The molecule has 0 saturated carbocycles. The smallest absolute Gasteiger partial charge is 0.341 e. The van der Waals surface area contributed by atoms with Crippen LogP contribution in [0.15, 0.2) is 51.9 Å². The number of rotatable bonds is 10. The zero-order valence-corrected chi connectivity index (χ0v) is 26.7. The van der Waals surface area contributed by atoms with Crippen LogP contribution >= 0.6 is 56.5 Å². The number of fused-ring (bicyclic) bond motifs is 1. The Morgan fingerprint density at radius 3 is 2.38 bits per heavy atom. The van der Waals surface area contributed by atoms with Crippen LogP contribution in [0.5, 0.6) is 17.2 Å². The van der Waals surface area contributed by atoms with E-state index in [2.05, 4.69) is 50.2 Å². The SMILES string of the molecule is CCOc1ccc([C@@H]2C(C(=O)OC)=CN=c3s/c(=C\c4cc(I)c(OCC(=O)O)c(I)c4)c(=O)n32)cc1OCC. The largest absolute Gasteiger partial charge is 0.490 e. The van der Waals surface area contributed by atoms with Gasteiger partial charge in [-0.25, -0.2) is 14.6 Å². The van der Waals surface area contributed by atoms with Crippen LogP contribution in [-0.2, 0) is 14.3 Å². The number of carbonyl (C=O) groups excluding carboxylic acids is 1. The predicted octanol–water partition coefficient (Wildman–Crippen LogP) is 3.49. The van der Waals surface area contributed by atoms with Crippen LogP contribution in [0.4, 0.5) is 0 Å². The number of aromatic nitrogens is 1. The summed E-state index contributed by atoms with van der Waals surface area (Å²) in [4.78, 5) is 42.3. The number of carbonyl (C=O) groups is 2. The number of nitrogens with zero attached hydrogens (tertiary/aromatic N) is 2. The minimum atomic E-state index is -1.07. The fourth-order valence-electron chi connectivity index (χ4n) is 4.07. The molecule has 0 spiro atoms. The Bertz CT molecular complexity index is 1660. The molecule has 0 bridgehead atoms. The standard InChI is InChI=1S/C27H24I2N2O8S/c1-4-37-19-7-6-15(11-20(19)38-5-2)23-16(26(35)36-3)12-30-27-31(23)25(34)21(40-27)10-14-8-17(28)24(18(29)9-14)39-13-22(32)33/h6-12,23H,4-5,13H2,1-3H3,(H,32,33)/b21-10-/t23-/m1/s1. The molecule has 210 valence electrons. The molecule has 1 atom stereocenters. The van der Waals surface area contributed by atoms with Crippen molar-refractivity contribution in [3.8, 4) is 17.2 Å². The number of thiazole rings is 1. The molecule has 0 aliphatic carbocycles. The second kappa shape index (κ2) is 13.2. The second-order valence-corrected chi connectivity index (χ2v) is 11.6. The lowest BCUT2D eigenvalue weighted by atomic mass is 9.97. The summed E-state index contributed by atoms with van der Waals surface area (Å²) < 4.78 is 25.2. The van der Waals surface area contributed by atoms with Crippen molar-refractivity contribution >= 4 is 74.5 Å². The van der Waals surface area contributed by atoms with Gasteiger partial charge in [0.15, 0.2) is 22.9 Å². The highest BCUT2D eigenvalue weighted by atomic mass is 127. The third-order valence-electron chi connectivity index (χ3n) is 5.67. The summed E-state index contributed by atoms with van der Waals surface area (Å²) in [5, 5.41) is 8.94. The molecular weight excluding hydrogens is 766 g/mol. The van der Waals surface area contributed by atoms with Crippen molar-refractivity contribution in [2.45, 2.75) is 19.9 Å². The average Bonchev–Trinajstić information content (AvgIpc) is 3.23. The van der Waals surface area contributed by atoms with Crippen molar-refractivity contribution in [2.75, 3.05) is 26.9 Å². The molecule has 4 rings (SSSR count). The molecule has 0 amide bonds. The number of benzene rings is 2. The van der Waals surface area contributed by atoms with Gasteiger partial charge in [0.1, 0.15) is 5.75 Å². The van der Waals surface area contributed by atoms with Gasteiger partial charge in [-0.3, -0.25) is 9.36 Å². The highest BCUT2D eigenvalue weighted by Crippen LogP contribution is 2.35. The van der Waals surface area contributed by atoms with E-state index in [-0.39, 0.29) is 11.1 Å². The third kappa shape index (κ3) is 6.35. The fraction of sp³-hybridized carbons (Fsp3) is 0.259. The first-order valence-corrected chi connectivity index (χ1v) is 15.0.